The molecule has 1 fully saturated rings. The molecular formula is C20H24BrNO4S2. The molecule has 0 saturated carbocycles. The molecule has 0 amide bonds. The summed E-state index contributed by atoms with van der Waals surface area (Å²) in [6.07, 6.45) is 2.03. The Morgan fingerprint density at radius 1 is 1.21 bits per heavy atom. The minimum atomic E-state index is -3.60. The minimum absolute atomic E-state index is 0.257. The normalized spacial score (nSPS) is 17.6. The van der Waals surface area contributed by atoms with E-state index in [2.05, 4.69) is 22.9 Å². The van der Waals surface area contributed by atoms with Crippen LogP contribution in [0, 0.1) is 0 Å². The first-order valence-electron chi connectivity index (χ1n) is 9.17. The number of nitrogens with zero attached hydrogens (tertiary/aromatic N) is 1. The molecule has 2 aromatic carbocycles. The first-order chi connectivity index (χ1) is 13.5. The summed E-state index contributed by atoms with van der Waals surface area (Å²) in [4.78, 5) is 0.287. The Hall–Kier alpha value is -1.22. The first-order valence-corrected chi connectivity index (χ1v) is 12.4. The highest BCUT2D eigenvalue weighted by Crippen LogP contribution is 2.43. The van der Waals surface area contributed by atoms with Crippen molar-refractivity contribution in [2.24, 2.45) is 0 Å². The Labute approximate surface area is 179 Å². The van der Waals surface area contributed by atoms with Crippen LogP contribution in [0.5, 0.6) is 11.5 Å². The molecule has 3 rings (SSSR count). The Balaban J connectivity index is 1.81. The number of thioether (sulfide) groups is 1. The van der Waals surface area contributed by atoms with Crippen LogP contribution in [0.4, 0.5) is 0 Å². The standard InChI is InChI=1S/C20H24BrNO4S2/c1-3-4-12-26-16-6-8-17(9-7-16)28(23,24)22-11-13-27-20(22)15-5-10-19(25-2)18(21)14-15/h5-10,14,20H,3-4,11-13H2,1-2H3. The van der Waals surface area contributed by atoms with Crippen molar-refractivity contribution < 1.29 is 17.9 Å². The Kier molecular flexibility index (Phi) is 7.31. The molecule has 2 aromatic rings. The summed E-state index contributed by atoms with van der Waals surface area (Å²) in [5.41, 5.74) is 0.929. The largest absolute Gasteiger partial charge is 0.496 e. The molecule has 0 spiro atoms. The molecule has 0 aromatic heterocycles. The average molecular weight is 486 g/mol. The van der Waals surface area contributed by atoms with Crippen molar-refractivity contribution >= 4 is 37.7 Å². The molecule has 0 N–H and O–H groups in total. The van der Waals surface area contributed by atoms with Crippen LogP contribution in [0.1, 0.15) is 30.7 Å². The van der Waals surface area contributed by atoms with Gasteiger partial charge in [-0.1, -0.05) is 19.4 Å². The summed E-state index contributed by atoms with van der Waals surface area (Å²) in [5, 5.41) is -0.257. The number of sulfonamides is 1. The second-order valence-corrected chi connectivity index (χ2v) is 10.3. The molecule has 1 unspecified atom stereocenters. The number of unbranched alkanes of at least 4 members (excludes halogenated alkanes) is 1. The SMILES string of the molecule is CCCCOc1ccc(S(=O)(=O)N2CCSC2c2ccc(OC)c(Br)c2)cc1. The van der Waals surface area contributed by atoms with E-state index in [4.69, 9.17) is 9.47 Å². The van der Waals surface area contributed by atoms with Crippen molar-refractivity contribution in [1.82, 2.24) is 4.31 Å². The average Bonchev–Trinajstić information content (AvgIpc) is 3.19. The summed E-state index contributed by atoms with van der Waals surface area (Å²) >= 11 is 5.11. The summed E-state index contributed by atoms with van der Waals surface area (Å²) < 4.78 is 39.8. The van der Waals surface area contributed by atoms with Crippen LogP contribution in [0.25, 0.3) is 0 Å². The van der Waals surface area contributed by atoms with E-state index in [-0.39, 0.29) is 10.3 Å². The van der Waals surface area contributed by atoms with Gasteiger partial charge in [-0.25, -0.2) is 8.42 Å². The number of hydrogen-bond donors (Lipinski definition) is 0. The van der Waals surface area contributed by atoms with Gasteiger partial charge in [0.25, 0.3) is 0 Å². The molecule has 1 atom stereocenters. The number of rotatable bonds is 8. The van der Waals surface area contributed by atoms with E-state index in [0.717, 1.165) is 34.4 Å². The maximum Gasteiger partial charge on any atom is 0.244 e. The number of halogens is 1. The van der Waals surface area contributed by atoms with Gasteiger partial charge in [-0.3, -0.25) is 0 Å². The zero-order valence-corrected chi connectivity index (χ0v) is 19.1. The third kappa shape index (κ3) is 4.67. The predicted molar refractivity (Wildman–Crippen MR) is 117 cm³/mol. The highest BCUT2D eigenvalue weighted by Gasteiger charge is 2.37. The smallest absolute Gasteiger partial charge is 0.244 e. The summed E-state index contributed by atoms with van der Waals surface area (Å²) in [7, 11) is -1.99. The lowest BCUT2D eigenvalue weighted by Gasteiger charge is -2.24. The van der Waals surface area contributed by atoms with Crippen LogP contribution in [0.3, 0.4) is 0 Å². The van der Waals surface area contributed by atoms with Gasteiger partial charge in [0, 0.05) is 12.3 Å². The Morgan fingerprint density at radius 3 is 2.61 bits per heavy atom. The lowest BCUT2D eigenvalue weighted by atomic mass is 10.2. The molecule has 0 bridgehead atoms. The van der Waals surface area contributed by atoms with Crippen molar-refractivity contribution in [2.45, 2.75) is 30.0 Å². The third-order valence-electron chi connectivity index (χ3n) is 4.51. The monoisotopic (exact) mass is 485 g/mol. The quantitative estimate of drug-likeness (QED) is 0.488. The van der Waals surface area contributed by atoms with Crippen molar-refractivity contribution in [3.63, 3.8) is 0 Å². The molecule has 28 heavy (non-hydrogen) atoms. The number of hydrogen-bond acceptors (Lipinski definition) is 5. The second-order valence-electron chi connectivity index (χ2n) is 6.41. The van der Waals surface area contributed by atoms with Crippen LogP contribution in [-0.2, 0) is 10.0 Å². The van der Waals surface area contributed by atoms with E-state index in [1.165, 1.54) is 0 Å². The van der Waals surface area contributed by atoms with E-state index >= 15 is 0 Å². The molecule has 1 heterocycles. The van der Waals surface area contributed by atoms with Gasteiger partial charge in [0.15, 0.2) is 0 Å². The van der Waals surface area contributed by atoms with Gasteiger partial charge in [0.2, 0.25) is 10.0 Å². The van der Waals surface area contributed by atoms with Crippen molar-refractivity contribution in [1.29, 1.82) is 0 Å². The van der Waals surface area contributed by atoms with Crippen molar-refractivity contribution in [3.8, 4) is 11.5 Å². The maximum atomic E-state index is 13.2. The van der Waals surface area contributed by atoms with Crippen molar-refractivity contribution in [3.05, 3.63) is 52.5 Å². The summed E-state index contributed by atoms with van der Waals surface area (Å²) in [6.45, 7) is 3.22. The van der Waals surface area contributed by atoms with Crippen LogP contribution in [0.2, 0.25) is 0 Å². The molecule has 0 radical (unpaired) electrons. The van der Waals surface area contributed by atoms with Gasteiger partial charge < -0.3 is 9.47 Å². The highest BCUT2D eigenvalue weighted by molar-refractivity contribution is 9.10. The predicted octanol–water partition coefficient (Wildman–Crippen LogP) is 5.07. The Bertz CT molecular complexity index is 903. The fourth-order valence-corrected chi connectivity index (χ4v) is 6.77. The minimum Gasteiger partial charge on any atom is -0.496 e. The van der Waals surface area contributed by atoms with Gasteiger partial charge in [0.1, 0.15) is 11.5 Å². The van der Waals surface area contributed by atoms with Gasteiger partial charge in [-0.05, 0) is 64.3 Å². The zero-order valence-electron chi connectivity index (χ0n) is 15.9. The Morgan fingerprint density at radius 2 is 1.96 bits per heavy atom. The van der Waals surface area contributed by atoms with E-state index in [9.17, 15) is 8.42 Å². The molecular weight excluding hydrogens is 462 g/mol. The fraction of sp³-hybridized carbons (Fsp3) is 0.400. The lowest BCUT2D eigenvalue weighted by Crippen LogP contribution is -2.30. The molecule has 0 aliphatic carbocycles. The molecule has 1 saturated heterocycles. The summed E-state index contributed by atoms with van der Waals surface area (Å²) in [5.74, 6) is 2.17. The van der Waals surface area contributed by atoms with E-state index < -0.39 is 10.0 Å². The second kappa shape index (κ2) is 9.52. The van der Waals surface area contributed by atoms with Crippen molar-refractivity contribution in [2.75, 3.05) is 26.0 Å². The van der Waals surface area contributed by atoms with Crippen LogP contribution < -0.4 is 9.47 Å². The van der Waals surface area contributed by atoms with E-state index in [0.29, 0.717) is 18.9 Å². The van der Waals surface area contributed by atoms with Crippen LogP contribution in [0.15, 0.2) is 51.8 Å². The molecule has 5 nitrogen and oxygen atoms in total. The molecule has 1 aliphatic heterocycles. The van der Waals surface area contributed by atoms with Gasteiger partial charge in [-0.2, -0.15) is 4.31 Å². The maximum absolute atomic E-state index is 13.2. The van der Waals surface area contributed by atoms with E-state index in [1.807, 2.05) is 18.2 Å². The molecule has 1 aliphatic rings. The fourth-order valence-electron chi connectivity index (χ4n) is 2.98. The van der Waals surface area contributed by atoms with Gasteiger partial charge >= 0.3 is 0 Å². The number of benzene rings is 2. The van der Waals surface area contributed by atoms with Gasteiger partial charge in [0.05, 0.1) is 28.5 Å². The summed E-state index contributed by atoms with van der Waals surface area (Å²) in [6, 6.07) is 12.4. The van der Waals surface area contributed by atoms with E-state index in [1.54, 1.807) is 47.4 Å². The van der Waals surface area contributed by atoms with Crippen LogP contribution >= 0.6 is 27.7 Å². The van der Waals surface area contributed by atoms with Crippen LogP contribution in [-0.4, -0.2) is 38.7 Å². The molecule has 8 heteroatoms. The highest BCUT2D eigenvalue weighted by atomic mass is 79.9. The lowest BCUT2D eigenvalue weighted by molar-refractivity contribution is 0.309. The molecule has 152 valence electrons. The third-order valence-corrected chi connectivity index (χ3v) is 8.40. The number of methoxy groups -OCH3 is 1. The first kappa shape index (κ1) is 21.5. The van der Waals surface area contributed by atoms with Gasteiger partial charge in [-0.15, -0.1) is 11.8 Å². The zero-order chi connectivity index (χ0) is 20.1. The topological polar surface area (TPSA) is 55.8 Å². The number of ether oxygens (including phenoxy) is 2.